The average Bonchev–Trinajstić information content (AvgIpc) is 2.14. The first-order valence-corrected chi connectivity index (χ1v) is 5.42. The van der Waals surface area contributed by atoms with Crippen LogP contribution < -0.4 is 29.6 Å². The molecule has 0 N–H and O–H groups in total. The van der Waals surface area contributed by atoms with Crippen molar-refractivity contribution in [3.05, 3.63) is 0 Å². The van der Waals surface area contributed by atoms with E-state index in [-0.39, 0.29) is 42.9 Å². The van der Waals surface area contributed by atoms with E-state index in [1.54, 1.807) is 0 Å². The Labute approximate surface area is 112 Å². The summed E-state index contributed by atoms with van der Waals surface area (Å²) >= 11 is 0. The van der Waals surface area contributed by atoms with E-state index in [0.29, 0.717) is 6.61 Å². The predicted octanol–water partition coefficient (Wildman–Crippen LogP) is 0.273. The molecule has 2 nitrogen and oxygen atoms in total. The van der Waals surface area contributed by atoms with Crippen LogP contribution in [0.25, 0.3) is 0 Å². The molecule has 0 saturated heterocycles. The van der Waals surface area contributed by atoms with Crippen molar-refractivity contribution < 1.29 is 40.5 Å². The minimum atomic E-state index is 0. The van der Waals surface area contributed by atoms with E-state index in [1.807, 2.05) is 6.92 Å². The van der Waals surface area contributed by atoms with Crippen molar-refractivity contribution >= 4 is 5.97 Å². The van der Waals surface area contributed by atoms with Gasteiger partial charge in [0.2, 0.25) is 0 Å². The maximum atomic E-state index is 11.5. The number of carbonyl (C=O) groups is 1. The first-order chi connectivity index (χ1) is 6.26. The summed E-state index contributed by atoms with van der Waals surface area (Å²) in [5.74, 6) is 0.145. The second-order valence-electron chi connectivity index (χ2n) is 3.44. The monoisotopic (exact) mass is 210 g/mol. The summed E-state index contributed by atoms with van der Waals surface area (Å²) in [6, 6.07) is 0. The number of carbonyl (C=O) groups excluding carboxylic acids is 1. The molecule has 0 aromatic heterocycles. The van der Waals surface area contributed by atoms with Crippen LogP contribution in [0.1, 0.15) is 54.3 Å². The maximum absolute atomic E-state index is 11.5. The van der Waals surface area contributed by atoms with E-state index in [1.165, 1.54) is 0 Å². The molecule has 0 saturated carbocycles. The number of ether oxygens (including phenoxy) is 1. The van der Waals surface area contributed by atoms with Gasteiger partial charge in [-0.1, -0.05) is 33.6 Å². The van der Waals surface area contributed by atoms with Gasteiger partial charge in [-0.2, -0.15) is 0 Å². The molecule has 0 atom stereocenters. The zero-order valence-electron chi connectivity index (χ0n) is 11.1. The van der Waals surface area contributed by atoms with Crippen molar-refractivity contribution in [2.24, 2.45) is 5.92 Å². The fourth-order valence-electron chi connectivity index (χ4n) is 1.40. The van der Waals surface area contributed by atoms with Crippen molar-refractivity contribution in [1.82, 2.24) is 0 Å². The Balaban J connectivity index is -0.000000720. The van der Waals surface area contributed by atoms with E-state index in [4.69, 9.17) is 4.74 Å². The van der Waals surface area contributed by atoms with Gasteiger partial charge in [0.05, 0.1) is 12.5 Å². The van der Waals surface area contributed by atoms with Crippen molar-refractivity contribution in [1.29, 1.82) is 0 Å². The molecule has 0 aliphatic rings. The maximum Gasteiger partial charge on any atom is 1.00 e. The van der Waals surface area contributed by atoms with Crippen LogP contribution in [0, 0.1) is 5.92 Å². The van der Waals surface area contributed by atoms with Crippen molar-refractivity contribution in [3.8, 4) is 0 Å². The first kappa shape index (κ1) is 16.9. The third kappa shape index (κ3) is 7.84. The molecule has 0 heterocycles. The third-order valence-corrected chi connectivity index (χ3v) is 2.06. The molecule has 14 heavy (non-hydrogen) atoms. The van der Waals surface area contributed by atoms with Crippen LogP contribution in [0.2, 0.25) is 0 Å². The number of hydrogen-bond acceptors (Lipinski definition) is 2. The van der Waals surface area contributed by atoms with Crippen LogP contribution in [-0.4, -0.2) is 12.6 Å². The Morgan fingerprint density at radius 1 is 1.14 bits per heavy atom. The minimum absolute atomic E-state index is 0. The molecular weight excluding hydrogens is 187 g/mol. The van der Waals surface area contributed by atoms with Gasteiger partial charge in [-0.25, -0.2) is 0 Å². The van der Waals surface area contributed by atoms with E-state index in [2.05, 4.69) is 13.8 Å². The molecular formula is C11H23NaO2. The number of esters is 1. The Kier molecular flexibility index (Phi) is 13.9. The smallest absolute Gasteiger partial charge is 1.00 e. The zero-order valence-corrected chi connectivity index (χ0v) is 12.1. The van der Waals surface area contributed by atoms with Gasteiger partial charge in [0.15, 0.2) is 0 Å². The third-order valence-electron chi connectivity index (χ3n) is 2.06. The van der Waals surface area contributed by atoms with Crippen molar-refractivity contribution in [3.63, 3.8) is 0 Å². The summed E-state index contributed by atoms with van der Waals surface area (Å²) in [4.78, 5) is 11.5. The molecule has 0 spiro atoms. The predicted molar refractivity (Wildman–Crippen MR) is 55.7 cm³/mol. The van der Waals surface area contributed by atoms with Crippen LogP contribution in [0.5, 0.6) is 0 Å². The SMILES string of the molecule is CCCOC(=O)C(CCC)CCC.[H-].[Na+]. The number of rotatable bonds is 7. The average molecular weight is 210 g/mol. The van der Waals surface area contributed by atoms with E-state index >= 15 is 0 Å². The Bertz CT molecular complexity index is 137. The Morgan fingerprint density at radius 3 is 2.00 bits per heavy atom. The molecule has 0 unspecified atom stereocenters. The molecule has 0 aliphatic carbocycles. The standard InChI is InChI=1S/C11H22O2.Na.H/c1-4-7-10(8-5-2)11(12)13-9-6-3;;/h10H,4-9H2,1-3H3;;/q;+1;-1. The summed E-state index contributed by atoms with van der Waals surface area (Å²) < 4.78 is 5.12. The summed E-state index contributed by atoms with van der Waals surface area (Å²) in [6.07, 6.45) is 4.97. The van der Waals surface area contributed by atoms with Crippen LogP contribution in [0.15, 0.2) is 0 Å². The van der Waals surface area contributed by atoms with Gasteiger partial charge in [0.1, 0.15) is 0 Å². The van der Waals surface area contributed by atoms with Gasteiger partial charge in [0.25, 0.3) is 0 Å². The molecule has 0 aromatic carbocycles. The van der Waals surface area contributed by atoms with Gasteiger partial charge in [0, 0.05) is 0 Å². The zero-order chi connectivity index (χ0) is 10.1. The Hall–Kier alpha value is 0.470. The molecule has 0 aliphatic heterocycles. The topological polar surface area (TPSA) is 26.3 Å². The van der Waals surface area contributed by atoms with E-state index in [9.17, 15) is 4.79 Å². The van der Waals surface area contributed by atoms with Crippen molar-refractivity contribution in [2.45, 2.75) is 52.9 Å². The van der Waals surface area contributed by atoms with Gasteiger partial charge >= 0.3 is 35.5 Å². The van der Waals surface area contributed by atoms with Gasteiger partial charge in [-0.05, 0) is 19.3 Å². The van der Waals surface area contributed by atoms with Gasteiger partial charge < -0.3 is 6.16 Å². The fraction of sp³-hybridized carbons (Fsp3) is 0.909. The molecule has 0 radical (unpaired) electrons. The van der Waals surface area contributed by atoms with Crippen LogP contribution >= 0.6 is 0 Å². The summed E-state index contributed by atoms with van der Waals surface area (Å²) in [5, 5.41) is 0. The normalized spacial score (nSPS) is 9.71. The van der Waals surface area contributed by atoms with Crippen LogP contribution in [0.3, 0.4) is 0 Å². The van der Waals surface area contributed by atoms with Crippen LogP contribution in [0.4, 0.5) is 0 Å². The summed E-state index contributed by atoms with van der Waals surface area (Å²) in [6.45, 7) is 6.80. The quantitative estimate of drug-likeness (QED) is 0.445. The second-order valence-corrected chi connectivity index (χ2v) is 3.44. The number of hydrogen-bond donors (Lipinski definition) is 0. The second kappa shape index (κ2) is 11.5. The molecule has 3 heteroatoms. The largest absolute Gasteiger partial charge is 1.00 e. The fourth-order valence-corrected chi connectivity index (χ4v) is 1.40. The van der Waals surface area contributed by atoms with Crippen LogP contribution in [-0.2, 0) is 9.53 Å². The molecule has 0 fully saturated rings. The van der Waals surface area contributed by atoms with E-state index in [0.717, 1.165) is 32.1 Å². The summed E-state index contributed by atoms with van der Waals surface area (Å²) in [7, 11) is 0. The molecule has 0 bridgehead atoms. The van der Waals surface area contributed by atoms with Gasteiger partial charge in [-0.3, -0.25) is 4.79 Å². The molecule has 0 amide bonds. The van der Waals surface area contributed by atoms with Gasteiger partial charge in [-0.15, -0.1) is 0 Å². The molecule has 80 valence electrons. The minimum Gasteiger partial charge on any atom is -1.00 e. The Morgan fingerprint density at radius 2 is 1.64 bits per heavy atom. The summed E-state index contributed by atoms with van der Waals surface area (Å²) in [5.41, 5.74) is 0. The molecule has 0 aromatic rings. The first-order valence-electron chi connectivity index (χ1n) is 5.42. The van der Waals surface area contributed by atoms with E-state index < -0.39 is 0 Å². The van der Waals surface area contributed by atoms with Crippen molar-refractivity contribution in [2.75, 3.05) is 6.61 Å². The molecule has 0 rings (SSSR count).